The van der Waals surface area contributed by atoms with Crippen molar-refractivity contribution in [3.8, 4) is 0 Å². The Hall–Kier alpha value is -1.15. The van der Waals surface area contributed by atoms with Crippen molar-refractivity contribution in [3.63, 3.8) is 0 Å². The Morgan fingerprint density at radius 1 is 0.900 bits per heavy atom. The van der Waals surface area contributed by atoms with Gasteiger partial charge < -0.3 is 0 Å². The molecule has 0 saturated carbocycles. The van der Waals surface area contributed by atoms with Gasteiger partial charge in [0.15, 0.2) is 0 Å². The van der Waals surface area contributed by atoms with E-state index in [-0.39, 0.29) is 10.6 Å². The van der Waals surface area contributed by atoms with Crippen molar-refractivity contribution in [2.24, 2.45) is 0 Å². The standard InChI is InChI=1S/C18H20BrF/c1-11(2)14-5-7-15(8-6-14)18(19)17-12(3)9-16(20)10-13(17)4/h5-11,18H,1-4H3. The van der Waals surface area contributed by atoms with E-state index in [4.69, 9.17) is 0 Å². The Bertz CT molecular complexity index is 576. The SMILES string of the molecule is Cc1cc(F)cc(C)c1C(Br)c1ccc(C(C)C)cc1. The smallest absolute Gasteiger partial charge is 0.123 e. The summed E-state index contributed by atoms with van der Waals surface area (Å²) >= 11 is 3.76. The van der Waals surface area contributed by atoms with Gasteiger partial charge in [0.1, 0.15) is 5.82 Å². The molecule has 0 saturated heterocycles. The van der Waals surface area contributed by atoms with Gasteiger partial charge in [-0.2, -0.15) is 0 Å². The van der Waals surface area contributed by atoms with E-state index >= 15 is 0 Å². The molecule has 106 valence electrons. The highest BCUT2D eigenvalue weighted by atomic mass is 79.9. The molecule has 0 aromatic heterocycles. The molecular formula is C18H20BrF. The lowest BCUT2D eigenvalue weighted by Gasteiger charge is -2.17. The first-order valence-electron chi connectivity index (χ1n) is 6.90. The van der Waals surface area contributed by atoms with E-state index in [1.54, 1.807) is 12.1 Å². The van der Waals surface area contributed by atoms with E-state index in [0.29, 0.717) is 5.92 Å². The van der Waals surface area contributed by atoms with Gasteiger partial charge in [0.05, 0.1) is 4.83 Å². The number of aryl methyl sites for hydroxylation is 2. The molecule has 0 bridgehead atoms. The molecule has 1 unspecified atom stereocenters. The maximum atomic E-state index is 13.4. The molecule has 2 rings (SSSR count). The summed E-state index contributed by atoms with van der Waals surface area (Å²) < 4.78 is 13.4. The van der Waals surface area contributed by atoms with Crippen molar-refractivity contribution in [2.45, 2.75) is 38.4 Å². The van der Waals surface area contributed by atoms with Crippen LogP contribution in [0.15, 0.2) is 36.4 Å². The zero-order valence-electron chi connectivity index (χ0n) is 12.4. The summed E-state index contributed by atoms with van der Waals surface area (Å²) in [6, 6.07) is 11.8. The molecule has 0 fully saturated rings. The van der Waals surface area contributed by atoms with Gasteiger partial charge in [-0.1, -0.05) is 54.0 Å². The Morgan fingerprint density at radius 2 is 1.35 bits per heavy atom. The molecule has 0 radical (unpaired) electrons. The van der Waals surface area contributed by atoms with Crippen molar-refractivity contribution < 1.29 is 4.39 Å². The fourth-order valence-electron chi connectivity index (χ4n) is 2.54. The molecule has 2 heteroatoms. The molecule has 0 nitrogen and oxygen atoms in total. The lowest BCUT2D eigenvalue weighted by molar-refractivity contribution is 0.624. The molecule has 0 aliphatic heterocycles. The van der Waals surface area contributed by atoms with Crippen molar-refractivity contribution in [3.05, 3.63) is 70.0 Å². The monoisotopic (exact) mass is 334 g/mol. The second kappa shape index (κ2) is 6.09. The van der Waals surface area contributed by atoms with Crippen molar-refractivity contribution in [2.75, 3.05) is 0 Å². The van der Waals surface area contributed by atoms with Crippen LogP contribution in [0.2, 0.25) is 0 Å². The molecule has 0 amide bonds. The van der Waals surface area contributed by atoms with Crippen LogP contribution in [0.1, 0.15) is 52.4 Å². The second-order valence-electron chi connectivity index (χ2n) is 5.64. The topological polar surface area (TPSA) is 0 Å². The number of rotatable bonds is 3. The molecule has 0 aliphatic rings. The van der Waals surface area contributed by atoms with Gasteiger partial charge in [0.2, 0.25) is 0 Å². The van der Waals surface area contributed by atoms with Gasteiger partial charge in [-0.3, -0.25) is 0 Å². The first-order chi connectivity index (χ1) is 9.40. The van der Waals surface area contributed by atoms with Crippen LogP contribution in [0.25, 0.3) is 0 Å². The molecule has 0 spiro atoms. The summed E-state index contributed by atoms with van der Waals surface area (Å²) in [4.78, 5) is 0.101. The van der Waals surface area contributed by atoms with E-state index in [1.807, 2.05) is 13.8 Å². The summed E-state index contributed by atoms with van der Waals surface area (Å²) in [6.07, 6.45) is 0. The minimum atomic E-state index is -0.168. The first-order valence-corrected chi connectivity index (χ1v) is 7.82. The highest BCUT2D eigenvalue weighted by Gasteiger charge is 2.16. The predicted molar refractivity (Wildman–Crippen MR) is 87.2 cm³/mol. The van der Waals surface area contributed by atoms with Crippen LogP contribution in [-0.4, -0.2) is 0 Å². The zero-order chi connectivity index (χ0) is 14.9. The Morgan fingerprint density at radius 3 is 1.80 bits per heavy atom. The molecule has 1 atom stereocenters. The van der Waals surface area contributed by atoms with E-state index in [0.717, 1.165) is 16.7 Å². The summed E-state index contributed by atoms with van der Waals surface area (Å²) in [5.41, 5.74) is 5.66. The minimum Gasteiger partial charge on any atom is -0.207 e. The first kappa shape index (κ1) is 15.2. The van der Waals surface area contributed by atoms with Crippen molar-refractivity contribution in [1.29, 1.82) is 0 Å². The minimum absolute atomic E-state index is 0.101. The summed E-state index contributed by atoms with van der Waals surface area (Å²) in [6.45, 7) is 8.30. The summed E-state index contributed by atoms with van der Waals surface area (Å²) in [7, 11) is 0. The third-order valence-corrected chi connectivity index (χ3v) is 4.69. The molecule has 2 aromatic carbocycles. The third kappa shape index (κ3) is 3.12. The maximum Gasteiger partial charge on any atom is 0.123 e. The van der Waals surface area contributed by atoms with Crippen molar-refractivity contribution in [1.82, 2.24) is 0 Å². The fraction of sp³-hybridized carbons (Fsp3) is 0.333. The van der Waals surface area contributed by atoms with Gasteiger partial charge in [0.25, 0.3) is 0 Å². The van der Waals surface area contributed by atoms with Crippen LogP contribution in [0.5, 0.6) is 0 Å². The van der Waals surface area contributed by atoms with Gasteiger partial charge in [-0.05, 0) is 59.7 Å². The largest absolute Gasteiger partial charge is 0.207 e. The highest BCUT2D eigenvalue weighted by molar-refractivity contribution is 9.09. The third-order valence-electron chi connectivity index (χ3n) is 3.71. The maximum absolute atomic E-state index is 13.4. The Balaban J connectivity index is 2.38. The van der Waals surface area contributed by atoms with Crippen LogP contribution in [0.3, 0.4) is 0 Å². The van der Waals surface area contributed by atoms with Crippen molar-refractivity contribution >= 4 is 15.9 Å². The molecule has 2 aromatic rings. The normalized spacial score (nSPS) is 12.8. The number of alkyl halides is 1. The average molecular weight is 335 g/mol. The number of benzene rings is 2. The average Bonchev–Trinajstić information content (AvgIpc) is 2.37. The van der Waals surface area contributed by atoms with Gasteiger partial charge in [-0.15, -0.1) is 0 Å². The highest BCUT2D eigenvalue weighted by Crippen LogP contribution is 2.35. The van der Waals surface area contributed by atoms with E-state index < -0.39 is 0 Å². The van der Waals surface area contributed by atoms with Crippen LogP contribution < -0.4 is 0 Å². The van der Waals surface area contributed by atoms with Crippen LogP contribution in [-0.2, 0) is 0 Å². The Labute approximate surface area is 129 Å². The van der Waals surface area contributed by atoms with Gasteiger partial charge in [0, 0.05) is 0 Å². The van der Waals surface area contributed by atoms with Gasteiger partial charge >= 0.3 is 0 Å². The lowest BCUT2D eigenvalue weighted by Crippen LogP contribution is -2.00. The summed E-state index contributed by atoms with van der Waals surface area (Å²) in [5.74, 6) is 0.366. The predicted octanol–water partition coefficient (Wildman–Crippen LogP) is 6.05. The molecule has 20 heavy (non-hydrogen) atoms. The number of hydrogen-bond acceptors (Lipinski definition) is 0. The number of hydrogen-bond donors (Lipinski definition) is 0. The van der Waals surface area contributed by atoms with Gasteiger partial charge in [-0.25, -0.2) is 4.39 Å². The number of halogens is 2. The quantitative estimate of drug-likeness (QED) is 0.599. The van der Waals surface area contributed by atoms with E-state index in [1.165, 1.54) is 11.1 Å². The second-order valence-corrected chi connectivity index (χ2v) is 6.55. The molecule has 0 N–H and O–H groups in total. The molecule has 0 heterocycles. The van der Waals surface area contributed by atoms with E-state index in [2.05, 4.69) is 54.0 Å². The molecule has 0 aliphatic carbocycles. The lowest BCUT2D eigenvalue weighted by atomic mass is 9.94. The Kier molecular flexibility index (Phi) is 4.64. The van der Waals surface area contributed by atoms with Crippen LogP contribution in [0, 0.1) is 19.7 Å². The summed E-state index contributed by atoms with van der Waals surface area (Å²) in [5, 5.41) is 0. The fourth-order valence-corrected chi connectivity index (χ4v) is 3.57. The van der Waals surface area contributed by atoms with E-state index in [9.17, 15) is 4.39 Å². The van der Waals surface area contributed by atoms with Crippen LogP contribution >= 0.6 is 15.9 Å². The molecular weight excluding hydrogens is 315 g/mol. The zero-order valence-corrected chi connectivity index (χ0v) is 14.0. The van der Waals surface area contributed by atoms with Crippen LogP contribution in [0.4, 0.5) is 4.39 Å².